The molecule has 3 unspecified atom stereocenters. The Kier molecular flexibility index (Phi) is 4.18. The summed E-state index contributed by atoms with van der Waals surface area (Å²) in [5.74, 6) is 3.22. The average Bonchev–Trinajstić information content (AvgIpc) is 2.93. The van der Waals surface area contributed by atoms with Gasteiger partial charge in [-0.2, -0.15) is 11.8 Å². The van der Waals surface area contributed by atoms with Gasteiger partial charge in [-0.25, -0.2) is 0 Å². The van der Waals surface area contributed by atoms with Crippen LogP contribution in [0, 0.1) is 11.8 Å². The van der Waals surface area contributed by atoms with Gasteiger partial charge in [0, 0.05) is 19.1 Å². The Morgan fingerprint density at radius 1 is 1.11 bits per heavy atom. The summed E-state index contributed by atoms with van der Waals surface area (Å²) in [6, 6.07) is 0. The molecule has 0 amide bonds. The summed E-state index contributed by atoms with van der Waals surface area (Å²) in [5, 5.41) is 10.5. The zero-order valence-electron chi connectivity index (χ0n) is 11.0. The normalized spacial score (nSPS) is 37.8. The minimum atomic E-state index is -0.178. The maximum atomic E-state index is 10.5. The van der Waals surface area contributed by atoms with E-state index in [0.29, 0.717) is 11.8 Å². The second-order valence-corrected chi connectivity index (χ2v) is 7.24. The van der Waals surface area contributed by atoms with Crippen LogP contribution in [0.3, 0.4) is 0 Å². The molecule has 3 atom stereocenters. The Hall–Kier alpha value is 0.230. The molecule has 1 N–H and O–H groups in total. The van der Waals surface area contributed by atoms with Crippen LogP contribution in [0.15, 0.2) is 0 Å². The third-order valence-corrected chi connectivity index (χ3v) is 5.85. The van der Waals surface area contributed by atoms with Crippen molar-refractivity contribution in [3.8, 4) is 0 Å². The maximum absolute atomic E-state index is 10.5. The molecule has 1 spiro atoms. The minimum Gasteiger partial charge on any atom is -0.392 e. The van der Waals surface area contributed by atoms with Crippen LogP contribution in [-0.4, -0.2) is 48.1 Å². The molecule has 3 aliphatic heterocycles. The van der Waals surface area contributed by atoms with Gasteiger partial charge in [0.2, 0.25) is 0 Å². The Labute approximate surface area is 114 Å². The second-order valence-electron chi connectivity index (χ2n) is 6.01. The summed E-state index contributed by atoms with van der Waals surface area (Å²) in [6.07, 6.45) is 5.27. The molecule has 0 aromatic heterocycles. The molecule has 0 saturated carbocycles. The summed E-state index contributed by atoms with van der Waals surface area (Å²) in [7, 11) is 0. The number of ether oxygens (including phenoxy) is 2. The fourth-order valence-corrected chi connectivity index (χ4v) is 4.89. The molecular formula is C14H24O3S. The highest BCUT2D eigenvalue weighted by Gasteiger charge is 2.42. The van der Waals surface area contributed by atoms with Gasteiger partial charge in [-0.3, -0.25) is 0 Å². The number of hydrogen-bond donors (Lipinski definition) is 1. The van der Waals surface area contributed by atoms with E-state index < -0.39 is 0 Å². The maximum Gasteiger partial charge on any atom is 0.0701 e. The van der Waals surface area contributed by atoms with E-state index in [-0.39, 0.29) is 11.7 Å². The molecule has 3 aliphatic rings. The highest BCUT2D eigenvalue weighted by molar-refractivity contribution is 7.99. The van der Waals surface area contributed by atoms with Crippen molar-refractivity contribution in [2.75, 3.05) is 31.3 Å². The van der Waals surface area contributed by atoms with Crippen LogP contribution >= 0.6 is 11.8 Å². The Morgan fingerprint density at radius 2 is 1.89 bits per heavy atom. The van der Waals surface area contributed by atoms with Crippen molar-refractivity contribution < 1.29 is 14.6 Å². The van der Waals surface area contributed by atoms with Crippen molar-refractivity contribution >= 4 is 11.8 Å². The number of aliphatic hydroxyl groups excluding tert-OH is 1. The van der Waals surface area contributed by atoms with E-state index in [9.17, 15) is 5.11 Å². The van der Waals surface area contributed by atoms with Gasteiger partial charge in [0.25, 0.3) is 0 Å². The van der Waals surface area contributed by atoms with Crippen molar-refractivity contribution in [3.63, 3.8) is 0 Å². The van der Waals surface area contributed by atoms with Crippen LogP contribution in [-0.2, 0) is 9.47 Å². The standard InChI is InChI=1S/C14H24O3S/c15-13(12-1-5-16-10-12)11-2-6-17-14(9-11)3-7-18-8-4-14/h11-13,15H,1-10H2. The lowest BCUT2D eigenvalue weighted by Gasteiger charge is -2.45. The smallest absolute Gasteiger partial charge is 0.0701 e. The van der Waals surface area contributed by atoms with Gasteiger partial charge in [0.05, 0.1) is 18.3 Å². The predicted molar refractivity (Wildman–Crippen MR) is 72.9 cm³/mol. The topological polar surface area (TPSA) is 38.7 Å². The summed E-state index contributed by atoms with van der Waals surface area (Å²) in [6.45, 7) is 2.41. The molecule has 0 bridgehead atoms. The summed E-state index contributed by atoms with van der Waals surface area (Å²) < 4.78 is 11.5. The molecule has 0 aromatic carbocycles. The second kappa shape index (κ2) is 5.70. The van der Waals surface area contributed by atoms with Crippen molar-refractivity contribution in [1.82, 2.24) is 0 Å². The minimum absolute atomic E-state index is 0.0919. The van der Waals surface area contributed by atoms with E-state index in [0.717, 1.165) is 39.1 Å². The van der Waals surface area contributed by atoms with E-state index in [1.807, 2.05) is 11.8 Å². The van der Waals surface area contributed by atoms with Crippen molar-refractivity contribution in [1.29, 1.82) is 0 Å². The van der Waals surface area contributed by atoms with E-state index in [1.165, 1.54) is 24.3 Å². The van der Waals surface area contributed by atoms with E-state index >= 15 is 0 Å². The molecule has 3 rings (SSSR count). The molecule has 0 aromatic rings. The molecule has 3 heterocycles. The largest absolute Gasteiger partial charge is 0.392 e. The zero-order valence-corrected chi connectivity index (χ0v) is 11.8. The first kappa shape index (κ1) is 13.2. The van der Waals surface area contributed by atoms with Gasteiger partial charge in [0.15, 0.2) is 0 Å². The molecule has 3 nitrogen and oxygen atoms in total. The van der Waals surface area contributed by atoms with Crippen LogP contribution in [0.25, 0.3) is 0 Å². The SMILES string of the molecule is OC(C1CCOC1)C1CCOC2(CCSCC2)C1. The van der Waals surface area contributed by atoms with E-state index in [4.69, 9.17) is 9.47 Å². The van der Waals surface area contributed by atoms with Gasteiger partial charge >= 0.3 is 0 Å². The van der Waals surface area contributed by atoms with Gasteiger partial charge in [-0.15, -0.1) is 0 Å². The molecule has 3 fully saturated rings. The first-order chi connectivity index (χ1) is 8.79. The molecule has 3 saturated heterocycles. The first-order valence-corrected chi connectivity index (χ1v) is 8.42. The Morgan fingerprint density at radius 3 is 2.61 bits per heavy atom. The molecule has 0 radical (unpaired) electrons. The molecular weight excluding hydrogens is 248 g/mol. The Bertz CT molecular complexity index is 267. The van der Waals surface area contributed by atoms with Crippen LogP contribution in [0.5, 0.6) is 0 Å². The molecule has 0 aliphatic carbocycles. The molecule has 18 heavy (non-hydrogen) atoms. The monoisotopic (exact) mass is 272 g/mol. The van der Waals surface area contributed by atoms with Crippen molar-refractivity contribution in [2.24, 2.45) is 11.8 Å². The number of aliphatic hydroxyl groups is 1. The lowest BCUT2D eigenvalue weighted by molar-refractivity contribution is -0.127. The number of thioether (sulfide) groups is 1. The summed E-state index contributed by atoms with van der Waals surface area (Å²) in [4.78, 5) is 0. The van der Waals surface area contributed by atoms with Crippen LogP contribution in [0.4, 0.5) is 0 Å². The van der Waals surface area contributed by atoms with E-state index in [2.05, 4.69) is 0 Å². The van der Waals surface area contributed by atoms with Gasteiger partial charge in [-0.05, 0) is 49.5 Å². The lowest BCUT2D eigenvalue weighted by atomic mass is 9.76. The van der Waals surface area contributed by atoms with Gasteiger partial charge in [0.1, 0.15) is 0 Å². The average molecular weight is 272 g/mol. The quantitative estimate of drug-likeness (QED) is 0.835. The van der Waals surface area contributed by atoms with Gasteiger partial charge < -0.3 is 14.6 Å². The molecule has 104 valence electrons. The lowest BCUT2D eigenvalue weighted by Crippen LogP contribution is -2.46. The Balaban J connectivity index is 1.62. The highest BCUT2D eigenvalue weighted by Crippen LogP contribution is 2.42. The van der Waals surface area contributed by atoms with Crippen LogP contribution < -0.4 is 0 Å². The van der Waals surface area contributed by atoms with Crippen LogP contribution in [0.2, 0.25) is 0 Å². The third kappa shape index (κ3) is 2.72. The van der Waals surface area contributed by atoms with Crippen molar-refractivity contribution in [2.45, 2.75) is 43.8 Å². The fourth-order valence-electron chi connectivity index (χ4n) is 3.66. The summed E-state index contributed by atoms with van der Waals surface area (Å²) >= 11 is 2.03. The zero-order chi connectivity index (χ0) is 12.4. The van der Waals surface area contributed by atoms with E-state index in [1.54, 1.807) is 0 Å². The fraction of sp³-hybridized carbons (Fsp3) is 1.00. The van der Waals surface area contributed by atoms with Crippen LogP contribution in [0.1, 0.15) is 32.1 Å². The third-order valence-electron chi connectivity index (χ3n) is 4.87. The highest BCUT2D eigenvalue weighted by atomic mass is 32.2. The van der Waals surface area contributed by atoms with Gasteiger partial charge in [-0.1, -0.05) is 0 Å². The van der Waals surface area contributed by atoms with Crippen molar-refractivity contribution in [3.05, 3.63) is 0 Å². The first-order valence-electron chi connectivity index (χ1n) is 7.27. The number of rotatable bonds is 2. The predicted octanol–water partition coefficient (Wildman–Crippen LogP) is 2.08. The molecule has 4 heteroatoms. The summed E-state index contributed by atoms with van der Waals surface area (Å²) in [5.41, 5.74) is 0.0919. The number of hydrogen-bond acceptors (Lipinski definition) is 4.